The molecule has 0 fully saturated rings. The zero-order valence-electron chi connectivity index (χ0n) is 24.7. The van der Waals surface area contributed by atoms with E-state index in [9.17, 15) is 19.2 Å². The van der Waals surface area contributed by atoms with Crippen molar-refractivity contribution in [2.45, 2.75) is 111 Å². The summed E-state index contributed by atoms with van der Waals surface area (Å²) in [5.41, 5.74) is 5.56. The van der Waals surface area contributed by atoms with Gasteiger partial charge in [0.15, 0.2) is 11.5 Å². The molecule has 2 N–H and O–H groups in total. The van der Waals surface area contributed by atoms with Crippen molar-refractivity contribution >= 4 is 23.9 Å². The topological polar surface area (TPSA) is 131 Å². The minimum atomic E-state index is -1.52. The van der Waals surface area contributed by atoms with Crippen LogP contribution in [0.25, 0.3) is 0 Å². The number of unbranched alkanes of at least 4 members (excludes halogenated alkanes) is 1. The summed E-state index contributed by atoms with van der Waals surface area (Å²) in [4.78, 5) is 50.2. The highest BCUT2D eigenvalue weighted by Crippen LogP contribution is 2.32. The van der Waals surface area contributed by atoms with Crippen LogP contribution >= 0.6 is 0 Å². The molecule has 9 heteroatoms. The van der Waals surface area contributed by atoms with E-state index in [-0.39, 0.29) is 42.1 Å². The Bertz CT molecular complexity index is 962. The average molecular weight is 550 g/mol. The summed E-state index contributed by atoms with van der Waals surface area (Å²) in [5, 5.41) is 0. The van der Waals surface area contributed by atoms with Gasteiger partial charge in [-0.05, 0) is 43.9 Å². The van der Waals surface area contributed by atoms with Gasteiger partial charge in [0.05, 0.1) is 18.9 Å². The summed E-state index contributed by atoms with van der Waals surface area (Å²) in [6.07, 6.45) is 4.19. The fraction of sp³-hybridized carbons (Fsp3) is 0.667. The van der Waals surface area contributed by atoms with E-state index < -0.39 is 29.6 Å². The molecule has 0 spiro atoms. The van der Waals surface area contributed by atoms with Crippen molar-refractivity contribution < 1.29 is 38.1 Å². The highest BCUT2D eigenvalue weighted by atomic mass is 16.6. The van der Waals surface area contributed by atoms with Gasteiger partial charge in [0.1, 0.15) is 11.6 Å². The molecule has 0 aliphatic heterocycles. The Morgan fingerprint density at radius 2 is 1.44 bits per heavy atom. The van der Waals surface area contributed by atoms with E-state index >= 15 is 0 Å². The first-order valence-corrected chi connectivity index (χ1v) is 14.0. The van der Waals surface area contributed by atoms with Crippen molar-refractivity contribution in [1.29, 1.82) is 0 Å². The number of carbonyl (C=O) groups excluding carboxylic acids is 4. The number of rotatable bonds is 17. The van der Waals surface area contributed by atoms with Gasteiger partial charge >= 0.3 is 23.9 Å². The third kappa shape index (κ3) is 11.4. The summed E-state index contributed by atoms with van der Waals surface area (Å²) in [5.74, 6) is -2.39. The number of hydrogen-bond acceptors (Lipinski definition) is 9. The Balaban J connectivity index is 3.28. The lowest BCUT2D eigenvalue weighted by atomic mass is 9.86. The molecular formula is C30H47NO8. The lowest BCUT2D eigenvalue weighted by Crippen LogP contribution is -2.53. The van der Waals surface area contributed by atoms with E-state index in [0.29, 0.717) is 31.2 Å². The zero-order chi connectivity index (χ0) is 29.6. The number of carbonyl (C=O) groups is 4. The van der Waals surface area contributed by atoms with Crippen LogP contribution in [0.2, 0.25) is 0 Å². The highest BCUT2D eigenvalue weighted by molar-refractivity contribution is 5.81. The standard InChI is InChI=1S/C30H47NO8/c1-8-11-14-26(32)37-22(6)18-30(31,29(35)36-7)19-23-15-16-24(38-27(33)20(4)12-9-2)25(17-23)39-28(34)21(5)13-10-3/h15-17,20-22H,8-14,18-19,31H2,1-7H3/t20?,21?,22?,30-/m1/s1. The molecule has 0 saturated carbocycles. The molecule has 1 aromatic carbocycles. The van der Waals surface area contributed by atoms with E-state index in [1.54, 1.807) is 32.9 Å². The minimum Gasteiger partial charge on any atom is -0.468 e. The number of ether oxygens (including phenoxy) is 4. The van der Waals surface area contributed by atoms with Crippen LogP contribution in [0.5, 0.6) is 11.5 Å². The second-order valence-corrected chi connectivity index (χ2v) is 10.4. The number of esters is 4. The van der Waals surface area contributed by atoms with Gasteiger partial charge in [0, 0.05) is 19.3 Å². The summed E-state index contributed by atoms with van der Waals surface area (Å²) < 4.78 is 21.7. The fourth-order valence-electron chi connectivity index (χ4n) is 4.30. The summed E-state index contributed by atoms with van der Waals surface area (Å²) in [6.45, 7) is 11.2. The number of hydrogen-bond donors (Lipinski definition) is 1. The second-order valence-electron chi connectivity index (χ2n) is 10.4. The van der Waals surface area contributed by atoms with E-state index in [1.807, 2.05) is 20.8 Å². The van der Waals surface area contributed by atoms with Gasteiger partial charge in [-0.25, -0.2) is 0 Å². The van der Waals surface area contributed by atoms with Gasteiger partial charge in [-0.2, -0.15) is 0 Å². The first kappa shape index (κ1) is 34.1. The molecule has 1 aromatic rings. The second kappa shape index (κ2) is 16.9. The van der Waals surface area contributed by atoms with Gasteiger partial charge in [-0.3, -0.25) is 19.2 Å². The van der Waals surface area contributed by atoms with E-state index in [1.165, 1.54) is 13.2 Å². The molecule has 3 unspecified atom stereocenters. The Hall–Kier alpha value is -2.94. The summed E-state index contributed by atoms with van der Waals surface area (Å²) >= 11 is 0. The van der Waals surface area contributed by atoms with Crippen molar-refractivity contribution in [2.24, 2.45) is 17.6 Å². The highest BCUT2D eigenvalue weighted by Gasteiger charge is 2.38. The van der Waals surface area contributed by atoms with Crippen LogP contribution < -0.4 is 15.2 Å². The van der Waals surface area contributed by atoms with Crippen molar-refractivity contribution in [1.82, 2.24) is 0 Å². The maximum absolute atomic E-state index is 12.8. The molecule has 0 heterocycles. The molecule has 4 atom stereocenters. The molecule has 0 bridgehead atoms. The molecular weight excluding hydrogens is 502 g/mol. The van der Waals surface area contributed by atoms with E-state index in [4.69, 9.17) is 24.7 Å². The number of benzene rings is 1. The minimum absolute atomic E-state index is 0.00600. The predicted octanol–water partition coefficient (Wildman–Crippen LogP) is 5.29. The molecule has 39 heavy (non-hydrogen) atoms. The van der Waals surface area contributed by atoms with Crippen LogP contribution in [-0.4, -0.2) is 42.6 Å². The first-order valence-electron chi connectivity index (χ1n) is 14.0. The van der Waals surface area contributed by atoms with Gasteiger partial charge in [0.25, 0.3) is 0 Å². The van der Waals surface area contributed by atoms with Crippen LogP contribution in [0.3, 0.4) is 0 Å². The lowest BCUT2D eigenvalue weighted by Gasteiger charge is -2.29. The molecule has 0 amide bonds. The smallest absolute Gasteiger partial charge is 0.326 e. The van der Waals surface area contributed by atoms with Crippen LogP contribution in [0.1, 0.15) is 98.5 Å². The van der Waals surface area contributed by atoms with Crippen LogP contribution in [0, 0.1) is 11.8 Å². The van der Waals surface area contributed by atoms with Crippen molar-refractivity contribution in [3.05, 3.63) is 23.8 Å². The Morgan fingerprint density at radius 1 is 0.872 bits per heavy atom. The monoisotopic (exact) mass is 549 g/mol. The third-order valence-electron chi connectivity index (χ3n) is 6.51. The lowest BCUT2D eigenvalue weighted by molar-refractivity contribution is -0.155. The van der Waals surface area contributed by atoms with Gasteiger partial charge in [-0.1, -0.05) is 59.9 Å². The van der Waals surface area contributed by atoms with E-state index in [0.717, 1.165) is 19.3 Å². The van der Waals surface area contributed by atoms with Crippen molar-refractivity contribution in [2.75, 3.05) is 7.11 Å². The van der Waals surface area contributed by atoms with Crippen molar-refractivity contribution in [3.63, 3.8) is 0 Å². The van der Waals surface area contributed by atoms with Crippen LogP contribution in [-0.2, 0) is 35.1 Å². The molecule has 0 aromatic heterocycles. The maximum Gasteiger partial charge on any atom is 0.326 e. The Labute approximate surface area is 233 Å². The van der Waals surface area contributed by atoms with Gasteiger partial charge < -0.3 is 24.7 Å². The molecule has 220 valence electrons. The van der Waals surface area contributed by atoms with Gasteiger partial charge in [-0.15, -0.1) is 0 Å². The normalized spacial score (nSPS) is 14.9. The van der Waals surface area contributed by atoms with Gasteiger partial charge in [0.2, 0.25) is 0 Å². The number of methoxy groups -OCH3 is 1. The quantitative estimate of drug-likeness (QED) is 0.203. The summed E-state index contributed by atoms with van der Waals surface area (Å²) in [7, 11) is 1.24. The van der Waals surface area contributed by atoms with Crippen molar-refractivity contribution in [3.8, 4) is 11.5 Å². The fourth-order valence-corrected chi connectivity index (χ4v) is 4.30. The zero-order valence-corrected chi connectivity index (χ0v) is 24.7. The molecule has 0 saturated heterocycles. The Morgan fingerprint density at radius 3 is 1.95 bits per heavy atom. The SMILES string of the molecule is CCCCC(=O)OC(C)C[C@@](N)(Cc1ccc(OC(=O)C(C)CCC)c(OC(=O)C(C)CCC)c1)C(=O)OC. The molecule has 0 aliphatic carbocycles. The molecule has 9 nitrogen and oxygen atoms in total. The van der Waals surface area contributed by atoms with E-state index in [2.05, 4.69) is 0 Å². The maximum atomic E-state index is 12.8. The largest absolute Gasteiger partial charge is 0.468 e. The van der Waals surface area contributed by atoms with Crippen LogP contribution in [0.4, 0.5) is 0 Å². The van der Waals surface area contributed by atoms with Crippen LogP contribution in [0.15, 0.2) is 18.2 Å². The predicted molar refractivity (Wildman–Crippen MR) is 148 cm³/mol. The average Bonchev–Trinajstić information content (AvgIpc) is 2.88. The molecule has 0 radical (unpaired) electrons. The Kier molecular flexibility index (Phi) is 14.8. The third-order valence-corrected chi connectivity index (χ3v) is 6.51. The summed E-state index contributed by atoms with van der Waals surface area (Å²) in [6, 6.07) is 4.74. The molecule has 0 aliphatic rings. The first-order chi connectivity index (χ1) is 18.4. The number of nitrogens with two attached hydrogens (primary N) is 1. The molecule has 1 rings (SSSR count).